The molecule has 0 aliphatic rings. The lowest BCUT2D eigenvalue weighted by atomic mass is 10.1. The van der Waals surface area contributed by atoms with Crippen molar-refractivity contribution in [1.29, 1.82) is 0 Å². The summed E-state index contributed by atoms with van der Waals surface area (Å²) in [5.74, 6) is 0.824. The summed E-state index contributed by atoms with van der Waals surface area (Å²) in [7, 11) is 1.62. The molecular weight excluding hydrogens is 267 g/mol. The Hall–Kier alpha value is -0.580. The summed E-state index contributed by atoms with van der Waals surface area (Å²) in [5, 5.41) is 0. The van der Waals surface area contributed by atoms with E-state index in [1.165, 1.54) is 0 Å². The van der Waals surface area contributed by atoms with Gasteiger partial charge in [-0.15, -0.1) is 0 Å². The van der Waals surface area contributed by atoms with Crippen LogP contribution >= 0.6 is 22.6 Å². The fourth-order valence-corrected chi connectivity index (χ4v) is 1.56. The Bertz CT molecular complexity index is 308. The summed E-state index contributed by atoms with van der Waals surface area (Å²) in [6, 6.07) is 3.69. The van der Waals surface area contributed by atoms with Gasteiger partial charge in [-0.3, -0.25) is 4.79 Å². The first-order chi connectivity index (χ1) is 5.69. The number of carbonyl (C=O) groups excluding carboxylic acids is 1. The Morgan fingerprint density at radius 1 is 1.50 bits per heavy atom. The van der Waals surface area contributed by atoms with Gasteiger partial charge >= 0.3 is 0 Å². The van der Waals surface area contributed by atoms with E-state index in [2.05, 4.69) is 22.6 Å². The summed E-state index contributed by atoms with van der Waals surface area (Å²) in [5.41, 5.74) is 1.70. The molecule has 3 heteroatoms. The van der Waals surface area contributed by atoms with Gasteiger partial charge in [-0.2, -0.15) is 0 Å². The molecule has 64 valence electrons. The van der Waals surface area contributed by atoms with Crippen LogP contribution in [-0.4, -0.2) is 13.4 Å². The van der Waals surface area contributed by atoms with E-state index in [4.69, 9.17) is 4.74 Å². The van der Waals surface area contributed by atoms with Crippen LogP contribution < -0.4 is 4.74 Å². The van der Waals surface area contributed by atoms with Gasteiger partial charge in [0.15, 0.2) is 6.29 Å². The van der Waals surface area contributed by atoms with Crippen LogP contribution in [0.3, 0.4) is 0 Å². The minimum absolute atomic E-state index is 0.717. The van der Waals surface area contributed by atoms with E-state index in [1.54, 1.807) is 7.11 Å². The van der Waals surface area contributed by atoms with Crippen LogP contribution in [-0.2, 0) is 0 Å². The van der Waals surface area contributed by atoms with Crippen LogP contribution in [0.25, 0.3) is 0 Å². The van der Waals surface area contributed by atoms with E-state index < -0.39 is 0 Å². The lowest BCUT2D eigenvalue weighted by Crippen LogP contribution is -1.92. The number of ether oxygens (including phenoxy) is 1. The van der Waals surface area contributed by atoms with Crippen molar-refractivity contribution >= 4 is 28.9 Å². The minimum Gasteiger partial charge on any atom is -0.496 e. The number of rotatable bonds is 2. The van der Waals surface area contributed by atoms with Crippen molar-refractivity contribution in [2.45, 2.75) is 6.92 Å². The van der Waals surface area contributed by atoms with Crippen molar-refractivity contribution in [2.24, 2.45) is 0 Å². The molecule has 0 saturated heterocycles. The van der Waals surface area contributed by atoms with Gasteiger partial charge in [0.2, 0.25) is 0 Å². The Morgan fingerprint density at radius 2 is 2.17 bits per heavy atom. The first-order valence-electron chi connectivity index (χ1n) is 3.48. The third-order valence-electron chi connectivity index (χ3n) is 1.64. The van der Waals surface area contributed by atoms with E-state index in [0.717, 1.165) is 21.2 Å². The smallest absolute Gasteiger partial charge is 0.151 e. The molecule has 2 nitrogen and oxygen atoms in total. The molecule has 0 atom stereocenters. The van der Waals surface area contributed by atoms with Gasteiger partial charge in [-0.1, -0.05) is 0 Å². The van der Waals surface area contributed by atoms with Crippen LogP contribution in [0.15, 0.2) is 12.1 Å². The zero-order chi connectivity index (χ0) is 9.14. The number of carbonyl (C=O) groups is 1. The maximum Gasteiger partial charge on any atom is 0.151 e. The SMILES string of the molecule is COc1cc(I)c(C=O)cc1C. The number of hydrogen-bond acceptors (Lipinski definition) is 2. The Balaban J connectivity index is 3.25. The average molecular weight is 276 g/mol. The topological polar surface area (TPSA) is 26.3 Å². The first kappa shape index (κ1) is 9.51. The highest BCUT2D eigenvalue weighted by molar-refractivity contribution is 14.1. The highest BCUT2D eigenvalue weighted by Gasteiger charge is 2.03. The third-order valence-corrected chi connectivity index (χ3v) is 2.58. The molecule has 0 unspecified atom stereocenters. The van der Waals surface area contributed by atoms with Crippen molar-refractivity contribution in [1.82, 2.24) is 0 Å². The molecule has 1 aromatic rings. The molecule has 0 amide bonds. The second-order valence-corrected chi connectivity index (χ2v) is 3.62. The van der Waals surface area contributed by atoms with Crippen LogP contribution in [0.1, 0.15) is 15.9 Å². The number of aryl methyl sites for hydroxylation is 1. The fraction of sp³-hybridized carbons (Fsp3) is 0.222. The molecule has 12 heavy (non-hydrogen) atoms. The van der Waals surface area contributed by atoms with Gasteiger partial charge < -0.3 is 4.74 Å². The van der Waals surface area contributed by atoms with Gasteiger partial charge in [-0.05, 0) is 47.2 Å². The van der Waals surface area contributed by atoms with Crippen molar-refractivity contribution < 1.29 is 9.53 Å². The maximum atomic E-state index is 10.5. The van der Waals surface area contributed by atoms with Crippen LogP contribution in [0.2, 0.25) is 0 Å². The Labute approximate surface area is 85.1 Å². The number of hydrogen-bond donors (Lipinski definition) is 0. The fourth-order valence-electron chi connectivity index (χ4n) is 0.996. The molecule has 0 bridgehead atoms. The summed E-state index contributed by atoms with van der Waals surface area (Å²) < 4.78 is 6.03. The minimum atomic E-state index is 0.717. The molecule has 0 heterocycles. The van der Waals surface area contributed by atoms with Crippen LogP contribution in [0, 0.1) is 10.5 Å². The highest BCUT2D eigenvalue weighted by atomic mass is 127. The van der Waals surface area contributed by atoms with Crippen LogP contribution in [0.4, 0.5) is 0 Å². The third kappa shape index (κ3) is 1.77. The van der Waals surface area contributed by atoms with E-state index in [-0.39, 0.29) is 0 Å². The molecular formula is C9H9IO2. The monoisotopic (exact) mass is 276 g/mol. The zero-order valence-electron chi connectivity index (χ0n) is 6.93. The predicted molar refractivity (Wildman–Crippen MR) is 55.8 cm³/mol. The number of halogens is 1. The maximum absolute atomic E-state index is 10.5. The van der Waals surface area contributed by atoms with Gasteiger partial charge in [0.05, 0.1) is 7.11 Å². The number of aldehydes is 1. The molecule has 1 aromatic carbocycles. The molecule has 0 aromatic heterocycles. The molecule has 0 aliphatic carbocycles. The molecule has 0 N–H and O–H groups in total. The van der Waals surface area contributed by atoms with E-state index in [0.29, 0.717) is 5.56 Å². The number of benzene rings is 1. The quantitative estimate of drug-likeness (QED) is 0.612. The molecule has 0 radical (unpaired) electrons. The predicted octanol–water partition coefficient (Wildman–Crippen LogP) is 2.42. The molecule has 0 spiro atoms. The lowest BCUT2D eigenvalue weighted by Gasteiger charge is -2.05. The summed E-state index contributed by atoms with van der Waals surface area (Å²) in [4.78, 5) is 10.5. The standard InChI is InChI=1S/C9H9IO2/c1-6-3-7(5-11)8(10)4-9(6)12-2/h3-5H,1-2H3. The summed E-state index contributed by atoms with van der Waals surface area (Å²) in [6.45, 7) is 1.92. The Kier molecular flexibility index (Phi) is 3.08. The largest absolute Gasteiger partial charge is 0.496 e. The summed E-state index contributed by atoms with van der Waals surface area (Å²) >= 11 is 2.11. The second-order valence-electron chi connectivity index (χ2n) is 2.46. The first-order valence-corrected chi connectivity index (χ1v) is 4.56. The molecule has 1 rings (SSSR count). The van der Waals surface area contributed by atoms with E-state index in [1.807, 2.05) is 19.1 Å². The second kappa shape index (κ2) is 3.89. The molecule has 0 saturated carbocycles. The zero-order valence-corrected chi connectivity index (χ0v) is 9.08. The molecule has 0 fully saturated rings. The van der Waals surface area contributed by atoms with Gasteiger partial charge in [-0.25, -0.2) is 0 Å². The van der Waals surface area contributed by atoms with Gasteiger partial charge in [0.25, 0.3) is 0 Å². The van der Waals surface area contributed by atoms with Crippen molar-refractivity contribution in [3.63, 3.8) is 0 Å². The van der Waals surface area contributed by atoms with Gasteiger partial charge in [0.1, 0.15) is 5.75 Å². The van der Waals surface area contributed by atoms with E-state index >= 15 is 0 Å². The van der Waals surface area contributed by atoms with Crippen molar-refractivity contribution in [3.05, 3.63) is 26.8 Å². The Morgan fingerprint density at radius 3 is 2.67 bits per heavy atom. The van der Waals surface area contributed by atoms with Crippen molar-refractivity contribution in [3.8, 4) is 5.75 Å². The number of methoxy groups -OCH3 is 1. The molecule has 0 aliphatic heterocycles. The summed E-state index contributed by atoms with van der Waals surface area (Å²) in [6.07, 6.45) is 0.855. The van der Waals surface area contributed by atoms with E-state index in [9.17, 15) is 4.79 Å². The highest BCUT2D eigenvalue weighted by Crippen LogP contribution is 2.22. The average Bonchev–Trinajstić information content (AvgIpc) is 2.08. The van der Waals surface area contributed by atoms with Crippen molar-refractivity contribution in [2.75, 3.05) is 7.11 Å². The van der Waals surface area contributed by atoms with Gasteiger partial charge in [0, 0.05) is 9.13 Å². The lowest BCUT2D eigenvalue weighted by molar-refractivity contribution is 0.112. The van der Waals surface area contributed by atoms with Crippen LogP contribution in [0.5, 0.6) is 5.75 Å². The normalized spacial score (nSPS) is 9.58.